The molecule has 0 radical (unpaired) electrons. The first-order valence-corrected chi connectivity index (χ1v) is 5.01. The van der Waals surface area contributed by atoms with E-state index in [4.69, 9.17) is 5.41 Å². The number of hydrogen-bond donors (Lipinski definition) is 1. The first-order valence-electron chi connectivity index (χ1n) is 5.01. The molecule has 3 unspecified atom stereocenters. The van der Waals surface area contributed by atoms with Crippen molar-refractivity contribution >= 4 is 6.21 Å². The summed E-state index contributed by atoms with van der Waals surface area (Å²) in [6.45, 7) is 9.13. The van der Waals surface area contributed by atoms with Gasteiger partial charge in [0, 0.05) is 0 Å². The van der Waals surface area contributed by atoms with Gasteiger partial charge in [0.2, 0.25) is 0 Å². The molecule has 0 bridgehead atoms. The Labute approximate surface area is 76.1 Å². The zero-order valence-electron chi connectivity index (χ0n) is 8.78. The zero-order chi connectivity index (χ0) is 9.41. The Kier molecular flexibility index (Phi) is 2.33. The molecular formula is C11H21N. The van der Waals surface area contributed by atoms with Gasteiger partial charge in [-0.15, -0.1) is 0 Å². The molecular weight excluding hydrogens is 146 g/mol. The summed E-state index contributed by atoms with van der Waals surface area (Å²) in [5, 5.41) is 7.29. The van der Waals surface area contributed by atoms with Gasteiger partial charge in [-0.1, -0.05) is 34.1 Å². The van der Waals surface area contributed by atoms with Gasteiger partial charge < -0.3 is 5.41 Å². The summed E-state index contributed by atoms with van der Waals surface area (Å²) in [7, 11) is 0. The second-order valence-electron chi connectivity index (χ2n) is 4.86. The van der Waals surface area contributed by atoms with Crippen LogP contribution in [0.2, 0.25) is 0 Å². The van der Waals surface area contributed by atoms with Crippen molar-refractivity contribution in [1.29, 1.82) is 5.41 Å². The Balaban J connectivity index is 2.62. The highest BCUT2D eigenvalue weighted by atomic mass is 14.7. The van der Waals surface area contributed by atoms with E-state index in [1.165, 1.54) is 19.3 Å². The quantitative estimate of drug-likeness (QED) is 0.620. The minimum atomic E-state index is 0.421. The zero-order valence-corrected chi connectivity index (χ0v) is 8.78. The molecule has 0 aromatic heterocycles. The third-order valence-corrected chi connectivity index (χ3v) is 4.07. The maximum atomic E-state index is 7.29. The van der Waals surface area contributed by atoms with Gasteiger partial charge >= 0.3 is 0 Å². The van der Waals surface area contributed by atoms with Crippen molar-refractivity contribution in [2.24, 2.45) is 16.7 Å². The molecule has 1 rings (SSSR count). The van der Waals surface area contributed by atoms with Crippen LogP contribution < -0.4 is 0 Å². The fourth-order valence-electron chi connectivity index (χ4n) is 2.59. The lowest BCUT2D eigenvalue weighted by molar-refractivity contribution is 0.316. The minimum absolute atomic E-state index is 0.421. The van der Waals surface area contributed by atoms with Crippen LogP contribution in [0.5, 0.6) is 0 Å². The van der Waals surface area contributed by atoms with Crippen LogP contribution in [-0.2, 0) is 0 Å². The van der Waals surface area contributed by atoms with E-state index in [2.05, 4.69) is 27.7 Å². The summed E-state index contributed by atoms with van der Waals surface area (Å²) in [6, 6.07) is 0. The van der Waals surface area contributed by atoms with Crippen LogP contribution in [0.15, 0.2) is 0 Å². The van der Waals surface area contributed by atoms with E-state index in [9.17, 15) is 0 Å². The van der Waals surface area contributed by atoms with Crippen molar-refractivity contribution in [1.82, 2.24) is 0 Å². The smallest absolute Gasteiger partial charge is 0.00138 e. The summed E-state index contributed by atoms with van der Waals surface area (Å²) < 4.78 is 0. The second kappa shape index (κ2) is 2.86. The van der Waals surface area contributed by atoms with Crippen LogP contribution in [0.25, 0.3) is 0 Å². The molecule has 1 aliphatic rings. The molecule has 1 aliphatic carbocycles. The normalized spacial score (nSPS) is 42.3. The van der Waals surface area contributed by atoms with Crippen LogP contribution >= 0.6 is 0 Å². The molecule has 0 saturated heterocycles. The van der Waals surface area contributed by atoms with Gasteiger partial charge in [0.1, 0.15) is 0 Å². The fraction of sp³-hybridized carbons (Fsp3) is 0.909. The predicted molar refractivity (Wildman–Crippen MR) is 53.7 cm³/mol. The molecule has 0 aliphatic heterocycles. The highest BCUT2D eigenvalue weighted by molar-refractivity contribution is 5.59. The van der Waals surface area contributed by atoms with Crippen molar-refractivity contribution in [3.05, 3.63) is 0 Å². The van der Waals surface area contributed by atoms with Gasteiger partial charge in [0.15, 0.2) is 0 Å². The monoisotopic (exact) mass is 167 g/mol. The maximum Gasteiger partial charge on any atom is -0.00138 e. The number of nitrogens with one attached hydrogen (secondary N) is 1. The molecule has 1 saturated carbocycles. The van der Waals surface area contributed by atoms with Crippen LogP contribution in [-0.4, -0.2) is 6.21 Å². The molecule has 1 N–H and O–H groups in total. The SMILES string of the molecule is CCCC1(C)CC1(C)C(C)C=N. The van der Waals surface area contributed by atoms with Crippen molar-refractivity contribution in [3.63, 3.8) is 0 Å². The predicted octanol–water partition coefficient (Wildman–Crippen LogP) is 3.49. The Morgan fingerprint density at radius 2 is 2.08 bits per heavy atom. The third-order valence-electron chi connectivity index (χ3n) is 4.07. The average molecular weight is 167 g/mol. The lowest BCUT2D eigenvalue weighted by Crippen LogP contribution is -2.17. The van der Waals surface area contributed by atoms with Crippen molar-refractivity contribution in [2.75, 3.05) is 0 Å². The third kappa shape index (κ3) is 1.19. The summed E-state index contributed by atoms with van der Waals surface area (Å²) in [5.74, 6) is 0.453. The summed E-state index contributed by atoms with van der Waals surface area (Å²) >= 11 is 0. The molecule has 0 aromatic carbocycles. The standard InChI is InChI=1S/C11H21N/c1-5-6-10(3)8-11(10,4)9(2)7-12/h7,9,12H,5-6,8H2,1-4H3. The molecule has 0 spiro atoms. The summed E-state index contributed by atoms with van der Waals surface area (Å²) in [5.41, 5.74) is 0.948. The molecule has 3 atom stereocenters. The Morgan fingerprint density at radius 1 is 1.50 bits per heavy atom. The Morgan fingerprint density at radius 3 is 2.50 bits per heavy atom. The molecule has 1 nitrogen and oxygen atoms in total. The van der Waals surface area contributed by atoms with Crippen LogP contribution in [0.4, 0.5) is 0 Å². The van der Waals surface area contributed by atoms with E-state index < -0.39 is 0 Å². The fourth-order valence-corrected chi connectivity index (χ4v) is 2.59. The topological polar surface area (TPSA) is 23.9 Å². The average Bonchev–Trinajstić information content (AvgIpc) is 2.55. The van der Waals surface area contributed by atoms with Gasteiger partial charge in [-0.05, 0) is 35.8 Å². The van der Waals surface area contributed by atoms with Crippen LogP contribution in [0.1, 0.15) is 47.0 Å². The van der Waals surface area contributed by atoms with Gasteiger partial charge in [-0.25, -0.2) is 0 Å². The highest BCUT2D eigenvalue weighted by Crippen LogP contribution is 2.69. The summed E-state index contributed by atoms with van der Waals surface area (Å²) in [6.07, 6.45) is 5.52. The van der Waals surface area contributed by atoms with Gasteiger partial charge in [-0.2, -0.15) is 0 Å². The highest BCUT2D eigenvalue weighted by Gasteiger charge is 2.61. The first kappa shape index (κ1) is 9.76. The Bertz CT molecular complexity index is 187. The minimum Gasteiger partial charge on any atom is -0.313 e. The van der Waals surface area contributed by atoms with E-state index >= 15 is 0 Å². The molecule has 1 heteroatoms. The van der Waals surface area contributed by atoms with E-state index in [1.807, 2.05) is 0 Å². The molecule has 0 aromatic rings. The van der Waals surface area contributed by atoms with Gasteiger partial charge in [0.05, 0.1) is 0 Å². The van der Waals surface area contributed by atoms with Gasteiger partial charge in [0.25, 0.3) is 0 Å². The molecule has 0 amide bonds. The molecule has 12 heavy (non-hydrogen) atoms. The van der Waals surface area contributed by atoms with Crippen LogP contribution in [0, 0.1) is 22.2 Å². The van der Waals surface area contributed by atoms with E-state index in [-0.39, 0.29) is 0 Å². The summed E-state index contributed by atoms with van der Waals surface area (Å²) in [4.78, 5) is 0. The number of rotatable bonds is 4. The molecule has 0 heterocycles. The lowest BCUT2D eigenvalue weighted by atomic mass is 9.83. The van der Waals surface area contributed by atoms with E-state index in [0.29, 0.717) is 16.7 Å². The van der Waals surface area contributed by atoms with Crippen molar-refractivity contribution < 1.29 is 0 Å². The first-order chi connectivity index (χ1) is 5.50. The molecule has 70 valence electrons. The van der Waals surface area contributed by atoms with Crippen molar-refractivity contribution in [3.8, 4) is 0 Å². The maximum absolute atomic E-state index is 7.29. The lowest BCUT2D eigenvalue weighted by Gasteiger charge is -2.21. The van der Waals surface area contributed by atoms with Crippen LogP contribution in [0.3, 0.4) is 0 Å². The molecule has 1 fully saturated rings. The number of hydrogen-bond acceptors (Lipinski definition) is 1. The van der Waals surface area contributed by atoms with Gasteiger partial charge in [-0.3, -0.25) is 0 Å². The van der Waals surface area contributed by atoms with E-state index in [0.717, 1.165) is 0 Å². The largest absolute Gasteiger partial charge is 0.313 e. The second-order valence-corrected chi connectivity index (χ2v) is 4.86. The van der Waals surface area contributed by atoms with Crippen molar-refractivity contribution in [2.45, 2.75) is 47.0 Å². The van der Waals surface area contributed by atoms with E-state index in [1.54, 1.807) is 6.21 Å². The Hall–Kier alpha value is -0.330.